The van der Waals surface area contributed by atoms with E-state index in [1.54, 1.807) is 6.08 Å². The van der Waals surface area contributed by atoms with E-state index in [1.165, 1.54) is 6.92 Å². The molecule has 0 aliphatic carbocycles. The molecule has 0 aromatic heterocycles. The van der Waals surface area contributed by atoms with Crippen LogP contribution in [0.15, 0.2) is 29.7 Å². The van der Waals surface area contributed by atoms with Crippen molar-refractivity contribution >= 4 is 11.7 Å². The molecule has 0 aromatic carbocycles. The van der Waals surface area contributed by atoms with Gasteiger partial charge in [0.25, 0.3) is 0 Å². The Morgan fingerprint density at radius 3 is 2.53 bits per heavy atom. The highest BCUT2D eigenvalue weighted by Crippen LogP contribution is 2.22. The minimum Gasteiger partial charge on any atom is -0.328 e. The van der Waals surface area contributed by atoms with Crippen molar-refractivity contribution in [1.29, 1.82) is 0 Å². The van der Waals surface area contributed by atoms with E-state index in [0.717, 1.165) is 0 Å². The molecule has 0 saturated carbocycles. The number of carbonyl (C=O) groups excluding carboxylic acids is 1. The molecule has 0 spiro atoms. The lowest BCUT2D eigenvalue weighted by atomic mass is 10.1. The van der Waals surface area contributed by atoms with Crippen molar-refractivity contribution in [3.8, 4) is 0 Å². The summed E-state index contributed by atoms with van der Waals surface area (Å²) in [6.45, 7) is 11.5. The smallest absolute Gasteiger partial charge is 0.222 e. The molecule has 0 radical (unpaired) electrons. The lowest BCUT2D eigenvalue weighted by Gasteiger charge is -2.35. The van der Waals surface area contributed by atoms with Crippen LogP contribution >= 0.6 is 0 Å². The number of nitrogens with one attached hydrogen (secondary N) is 1. The Hall–Kier alpha value is -1.58. The van der Waals surface area contributed by atoms with Crippen LogP contribution < -0.4 is 5.32 Å². The van der Waals surface area contributed by atoms with Crippen LogP contribution in [-0.2, 0) is 4.79 Å². The summed E-state index contributed by atoms with van der Waals surface area (Å²) in [7, 11) is 0. The van der Waals surface area contributed by atoms with E-state index in [9.17, 15) is 4.79 Å². The number of amides is 1. The van der Waals surface area contributed by atoms with Gasteiger partial charge in [-0.2, -0.15) is 0 Å². The van der Waals surface area contributed by atoms with Crippen molar-refractivity contribution < 1.29 is 4.79 Å². The molecule has 82 valence electrons. The van der Waals surface area contributed by atoms with E-state index in [1.807, 2.05) is 11.1 Å². The third-order valence-corrected chi connectivity index (χ3v) is 1.94. The molecule has 1 heterocycles. The van der Waals surface area contributed by atoms with E-state index < -0.39 is 0 Å². The minimum atomic E-state index is -0.129. The van der Waals surface area contributed by atoms with Gasteiger partial charge in [-0.3, -0.25) is 4.79 Å². The molecule has 1 rings (SSSR count). The standard InChI is InChI=1S/C11H17N3O/c1-8-12-10(13-9(2)15)6-7-14(8)11(3,4)5/h6-7H,1H2,2-5H3,(H,12,13,15). The van der Waals surface area contributed by atoms with Crippen LogP contribution in [0.1, 0.15) is 27.7 Å². The Balaban J connectivity index is 2.80. The summed E-state index contributed by atoms with van der Waals surface area (Å²) in [6.07, 6.45) is 3.64. The van der Waals surface area contributed by atoms with Gasteiger partial charge in [0.15, 0.2) is 0 Å². The van der Waals surface area contributed by atoms with Crippen LogP contribution in [0.4, 0.5) is 0 Å². The van der Waals surface area contributed by atoms with Crippen molar-refractivity contribution in [3.63, 3.8) is 0 Å². The number of rotatable bonds is 0. The second kappa shape index (κ2) is 3.88. The van der Waals surface area contributed by atoms with Crippen molar-refractivity contribution in [3.05, 3.63) is 24.7 Å². The van der Waals surface area contributed by atoms with Gasteiger partial charge in [0.1, 0.15) is 11.7 Å². The van der Waals surface area contributed by atoms with Crippen molar-refractivity contribution in [2.24, 2.45) is 4.99 Å². The fraction of sp³-hybridized carbons (Fsp3) is 0.455. The van der Waals surface area contributed by atoms with Gasteiger partial charge < -0.3 is 10.2 Å². The normalized spacial score (nSPS) is 16.4. The van der Waals surface area contributed by atoms with Crippen molar-refractivity contribution in [2.45, 2.75) is 33.2 Å². The van der Waals surface area contributed by atoms with Gasteiger partial charge in [-0.15, -0.1) is 0 Å². The van der Waals surface area contributed by atoms with Crippen LogP contribution in [-0.4, -0.2) is 22.2 Å². The highest BCUT2D eigenvalue weighted by molar-refractivity contribution is 6.04. The monoisotopic (exact) mass is 207 g/mol. The van der Waals surface area contributed by atoms with E-state index >= 15 is 0 Å². The summed E-state index contributed by atoms with van der Waals surface area (Å²) >= 11 is 0. The Bertz CT molecular complexity index is 347. The Morgan fingerprint density at radius 2 is 2.13 bits per heavy atom. The van der Waals surface area contributed by atoms with Gasteiger partial charge >= 0.3 is 0 Å². The molecule has 0 bridgehead atoms. The zero-order valence-corrected chi connectivity index (χ0v) is 9.66. The van der Waals surface area contributed by atoms with E-state index in [0.29, 0.717) is 11.7 Å². The SMILES string of the molecule is C=C1N=C(NC(C)=O)C=CN1C(C)(C)C. The molecule has 1 aliphatic rings. The predicted molar refractivity (Wildman–Crippen MR) is 61.1 cm³/mol. The van der Waals surface area contributed by atoms with E-state index in [-0.39, 0.29) is 11.4 Å². The average molecular weight is 207 g/mol. The molecule has 1 amide bonds. The van der Waals surface area contributed by atoms with Crippen molar-refractivity contribution in [1.82, 2.24) is 10.2 Å². The third-order valence-electron chi connectivity index (χ3n) is 1.94. The fourth-order valence-corrected chi connectivity index (χ4v) is 1.32. The molecule has 1 N–H and O–H groups in total. The summed E-state index contributed by atoms with van der Waals surface area (Å²) in [5, 5.41) is 2.62. The molecule has 0 atom stereocenters. The number of nitrogens with zero attached hydrogens (tertiary/aromatic N) is 2. The number of carbonyl (C=O) groups is 1. The minimum absolute atomic E-state index is 0.0567. The van der Waals surface area contributed by atoms with Gasteiger partial charge in [-0.25, -0.2) is 4.99 Å². The van der Waals surface area contributed by atoms with Gasteiger partial charge in [-0.1, -0.05) is 6.58 Å². The first-order valence-corrected chi connectivity index (χ1v) is 4.83. The number of hydrogen-bond acceptors (Lipinski definition) is 3. The number of hydrogen-bond donors (Lipinski definition) is 1. The molecule has 0 saturated heterocycles. The lowest BCUT2D eigenvalue weighted by molar-refractivity contribution is -0.117. The highest BCUT2D eigenvalue weighted by atomic mass is 16.1. The van der Waals surface area contributed by atoms with Crippen LogP contribution in [0.3, 0.4) is 0 Å². The van der Waals surface area contributed by atoms with Gasteiger partial charge in [0.2, 0.25) is 5.91 Å². The van der Waals surface area contributed by atoms with Crippen LogP contribution in [0.5, 0.6) is 0 Å². The van der Waals surface area contributed by atoms with Crippen LogP contribution in [0, 0.1) is 0 Å². The molecular weight excluding hydrogens is 190 g/mol. The van der Waals surface area contributed by atoms with E-state index in [2.05, 4.69) is 37.7 Å². The topological polar surface area (TPSA) is 44.7 Å². The molecular formula is C11H17N3O. The Kier molecular flexibility index (Phi) is 2.98. The molecule has 0 fully saturated rings. The maximum Gasteiger partial charge on any atom is 0.222 e. The highest BCUT2D eigenvalue weighted by Gasteiger charge is 2.22. The lowest BCUT2D eigenvalue weighted by Crippen LogP contribution is -2.39. The predicted octanol–water partition coefficient (Wildman–Crippen LogP) is 1.62. The first-order chi connectivity index (χ1) is 6.80. The van der Waals surface area contributed by atoms with Gasteiger partial charge in [0.05, 0.1) is 0 Å². The largest absolute Gasteiger partial charge is 0.328 e. The second-order valence-electron chi connectivity index (χ2n) is 4.45. The Labute approximate surface area is 90.4 Å². The molecule has 15 heavy (non-hydrogen) atoms. The zero-order valence-electron chi connectivity index (χ0n) is 9.66. The van der Waals surface area contributed by atoms with Crippen LogP contribution in [0.2, 0.25) is 0 Å². The van der Waals surface area contributed by atoms with Crippen molar-refractivity contribution in [2.75, 3.05) is 0 Å². The van der Waals surface area contributed by atoms with Gasteiger partial charge in [0, 0.05) is 18.7 Å². The maximum absolute atomic E-state index is 10.8. The molecule has 0 aromatic rings. The van der Waals surface area contributed by atoms with E-state index in [4.69, 9.17) is 0 Å². The quantitative estimate of drug-likeness (QED) is 0.656. The zero-order chi connectivity index (χ0) is 11.6. The molecule has 4 nitrogen and oxygen atoms in total. The fourth-order valence-electron chi connectivity index (χ4n) is 1.32. The molecule has 4 heteroatoms. The average Bonchev–Trinajstić information content (AvgIpc) is 1.99. The first-order valence-electron chi connectivity index (χ1n) is 4.83. The summed E-state index contributed by atoms with van der Waals surface area (Å²) in [4.78, 5) is 17.0. The molecule has 0 unspecified atom stereocenters. The Morgan fingerprint density at radius 1 is 1.53 bits per heavy atom. The summed E-state index contributed by atoms with van der Waals surface area (Å²) < 4.78 is 0. The third kappa shape index (κ3) is 2.94. The maximum atomic E-state index is 10.8. The second-order valence-corrected chi connectivity index (χ2v) is 4.45. The number of aliphatic imine (C=N–C) groups is 1. The van der Waals surface area contributed by atoms with Crippen LogP contribution in [0.25, 0.3) is 0 Å². The summed E-state index contributed by atoms with van der Waals surface area (Å²) in [5.41, 5.74) is -0.0567. The number of amidine groups is 1. The first kappa shape index (κ1) is 11.5. The molecule has 1 aliphatic heterocycles. The summed E-state index contributed by atoms with van der Waals surface area (Å²) in [5.74, 6) is 1.04. The summed E-state index contributed by atoms with van der Waals surface area (Å²) in [6, 6.07) is 0. The van der Waals surface area contributed by atoms with Gasteiger partial charge in [-0.05, 0) is 26.8 Å².